The number of nitrogen functional groups attached to an aromatic ring is 1. The summed E-state index contributed by atoms with van der Waals surface area (Å²) in [6.45, 7) is 6.95. The number of sulfonamides is 1. The summed E-state index contributed by atoms with van der Waals surface area (Å²) in [5.74, 6) is -0.543. The number of anilines is 3. The van der Waals surface area contributed by atoms with Gasteiger partial charge in [-0.25, -0.2) is 18.4 Å². The van der Waals surface area contributed by atoms with Crippen molar-refractivity contribution in [2.24, 2.45) is 0 Å². The fraction of sp³-hybridized carbons (Fsp3) is 0.333. The molecule has 11 nitrogen and oxygen atoms in total. The van der Waals surface area contributed by atoms with Crippen LogP contribution < -0.4 is 16.0 Å². The second-order valence-electron chi connectivity index (χ2n) is 8.05. The maximum Gasteiger partial charge on any atom is 0.278 e. The summed E-state index contributed by atoms with van der Waals surface area (Å²) in [6.07, 6.45) is 4.69. The SMILES string of the molecule is CCN(CC)S(=O)(=O)c1ccc(-c2cnc(N)c(C(=O)Nc3cnccc3N3CCOCC3)n2)cc1. The zero-order valence-electron chi connectivity index (χ0n) is 20.2. The van der Waals surface area contributed by atoms with Crippen molar-refractivity contribution in [3.63, 3.8) is 0 Å². The van der Waals surface area contributed by atoms with Crippen molar-refractivity contribution in [1.29, 1.82) is 0 Å². The van der Waals surface area contributed by atoms with Crippen LogP contribution in [0.3, 0.4) is 0 Å². The Morgan fingerprint density at radius 1 is 1.11 bits per heavy atom. The van der Waals surface area contributed by atoms with Gasteiger partial charge in [0.2, 0.25) is 10.0 Å². The Morgan fingerprint density at radius 2 is 1.81 bits per heavy atom. The lowest BCUT2D eigenvalue weighted by molar-refractivity contribution is 0.102. The van der Waals surface area contributed by atoms with E-state index in [0.717, 1.165) is 5.69 Å². The van der Waals surface area contributed by atoms with Gasteiger partial charge in [-0.15, -0.1) is 0 Å². The first-order valence-electron chi connectivity index (χ1n) is 11.7. The van der Waals surface area contributed by atoms with Crippen molar-refractivity contribution in [2.75, 3.05) is 55.3 Å². The van der Waals surface area contributed by atoms with Crippen molar-refractivity contribution in [3.8, 4) is 11.3 Å². The molecule has 36 heavy (non-hydrogen) atoms. The average molecular weight is 512 g/mol. The molecular formula is C24H29N7O4S. The van der Waals surface area contributed by atoms with E-state index in [4.69, 9.17) is 10.5 Å². The van der Waals surface area contributed by atoms with Crippen LogP contribution in [-0.4, -0.2) is 73.0 Å². The topological polar surface area (TPSA) is 144 Å². The van der Waals surface area contributed by atoms with Crippen molar-refractivity contribution in [3.05, 3.63) is 54.6 Å². The lowest BCUT2D eigenvalue weighted by atomic mass is 10.1. The Hall–Kier alpha value is -3.61. The van der Waals surface area contributed by atoms with Gasteiger partial charge in [-0.2, -0.15) is 4.31 Å². The minimum atomic E-state index is -3.58. The standard InChI is InChI=1S/C24H29N7O4S/c1-3-31(4-2)36(33,34)18-7-5-17(6-8-18)19-16-27-23(25)22(28-19)24(32)29-20-15-26-10-9-21(20)30-11-13-35-14-12-30/h5-10,15-16H,3-4,11-14H2,1-2H3,(H2,25,27)(H,29,32). The number of carbonyl (C=O) groups excluding carboxylic acids is 1. The fourth-order valence-electron chi connectivity index (χ4n) is 3.96. The molecule has 3 heterocycles. The first kappa shape index (κ1) is 25.5. The molecule has 1 aliphatic heterocycles. The molecule has 0 atom stereocenters. The number of amides is 1. The molecule has 0 spiro atoms. The number of nitrogens with one attached hydrogen (secondary N) is 1. The molecule has 1 aromatic carbocycles. The van der Waals surface area contributed by atoms with Crippen molar-refractivity contribution < 1.29 is 17.9 Å². The zero-order valence-corrected chi connectivity index (χ0v) is 21.0. The van der Waals surface area contributed by atoms with Crippen molar-refractivity contribution in [2.45, 2.75) is 18.7 Å². The van der Waals surface area contributed by atoms with Crippen LogP contribution in [0.2, 0.25) is 0 Å². The third-order valence-corrected chi connectivity index (χ3v) is 7.97. The van der Waals surface area contributed by atoms with E-state index in [2.05, 4.69) is 25.2 Å². The van der Waals surface area contributed by atoms with E-state index in [9.17, 15) is 13.2 Å². The van der Waals surface area contributed by atoms with Gasteiger partial charge in [0.15, 0.2) is 11.5 Å². The molecule has 4 rings (SSSR count). The van der Waals surface area contributed by atoms with Crippen LogP contribution in [-0.2, 0) is 14.8 Å². The zero-order chi connectivity index (χ0) is 25.7. The van der Waals surface area contributed by atoms with Gasteiger partial charge in [-0.3, -0.25) is 9.78 Å². The second-order valence-corrected chi connectivity index (χ2v) is 9.99. The Morgan fingerprint density at radius 3 is 2.47 bits per heavy atom. The summed E-state index contributed by atoms with van der Waals surface area (Å²) in [5, 5.41) is 2.85. The highest BCUT2D eigenvalue weighted by Crippen LogP contribution is 2.27. The predicted molar refractivity (Wildman–Crippen MR) is 137 cm³/mol. The van der Waals surface area contributed by atoms with Crippen molar-refractivity contribution in [1.82, 2.24) is 19.3 Å². The van der Waals surface area contributed by atoms with E-state index in [1.54, 1.807) is 38.4 Å². The molecule has 3 aromatic rings. The summed E-state index contributed by atoms with van der Waals surface area (Å²) in [4.78, 5) is 28.1. The summed E-state index contributed by atoms with van der Waals surface area (Å²) >= 11 is 0. The Labute approximate surface area is 210 Å². The quantitative estimate of drug-likeness (QED) is 0.465. The summed E-state index contributed by atoms with van der Waals surface area (Å²) in [6, 6.07) is 8.14. The summed E-state index contributed by atoms with van der Waals surface area (Å²) in [5.41, 5.74) is 8.30. The van der Waals surface area contributed by atoms with Gasteiger partial charge in [-0.05, 0) is 18.2 Å². The second kappa shape index (κ2) is 11.0. The summed E-state index contributed by atoms with van der Waals surface area (Å²) < 4.78 is 32.3. The minimum Gasteiger partial charge on any atom is -0.382 e. The highest BCUT2D eigenvalue weighted by atomic mass is 32.2. The molecule has 1 amide bonds. The van der Waals surface area contributed by atoms with E-state index in [1.807, 2.05) is 6.07 Å². The molecule has 1 aliphatic rings. The highest BCUT2D eigenvalue weighted by molar-refractivity contribution is 7.89. The maximum atomic E-state index is 13.1. The average Bonchev–Trinajstić information content (AvgIpc) is 2.90. The van der Waals surface area contributed by atoms with Gasteiger partial charge in [-0.1, -0.05) is 26.0 Å². The van der Waals surface area contributed by atoms with E-state index < -0.39 is 15.9 Å². The molecule has 12 heteroatoms. The Balaban J connectivity index is 1.58. The number of rotatable bonds is 8. The number of hydrogen-bond donors (Lipinski definition) is 2. The minimum absolute atomic E-state index is 0.0196. The third-order valence-electron chi connectivity index (χ3n) is 5.91. The van der Waals surface area contributed by atoms with Crippen LogP contribution in [0.15, 0.2) is 53.8 Å². The van der Waals surface area contributed by atoms with E-state index in [0.29, 0.717) is 56.3 Å². The van der Waals surface area contributed by atoms with Gasteiger partial charge in [0.05, 0.1) is 47.6 Å². The molecule has 0 radical (unpaired) electrons. The van der Waals surface area contributed by atoms with Crippen LogP contribution in [0.25, 0.3) is 11.3 Å². The monoisotopic (exact) mass is 511 g/mol. The number of morpholine rings is 1. The summed E-state index contributed by atoms with van der Waals surface area (Å²) in [7, 11) is -3.58. The number of benzene rings is 1. The smallest absolute Gasteiger partial charge is 0.278 e. The predicted octanol–water partition coefficient (Wildman–Crippen LogP) is 2.24. The first-order valence-corrected chi connectivity index (χ1v) is 13.1. The number of aromatic nitrogens is 3. The number of pyridine rings is 1. The molecule has 0 saturated carbocycles. The molecule has 190 valence electrons. The number of ether oxygens (including phenoxy) is 1. The van der Waals surface area contributed by atoms with Crippen LogP contribution in [0.5, 0.6) is 0 Å². The lowest BCUT2D eigenvalue weighted by Gasteiger charge is -2.30. The number of hydrogen-bond acceptors (Lipinski definition) is 9. The highest BCUT2D eigenvalue weighted by Gasteiger charge is 2.22. The molecule has 0 aliphatic carbocycles. The van der Waals surface area contributed by atoms with Crippen LogP contribution in [0, 0.1) is 0 Å². The van der Waals surface area contributed by atoms with Gasteiger partial charge in [0.25, 0.3) is 5.91 Å². The van der Waals surface area contributed by atoms with Crippen LogP contribution in [0.4, 0.5) is 17.2 Å². The Kier molecular flexibility index (Phi) is 7.77. The number of carbonyl (C=O) groups is 1. The number of nitrogens with two attached hydrogens (primary N) is 1. The molecule has 1 saturated heterocycles. The molecule has 0 bridgehead atoms. The third kappa shape index (κ3) is 5.30. The normalized spacial score (nSPS) is 14.1. The largest absolute Gasteiger partial charge is 0.382 e. The van der Waals surface area contributed by atoms with E-state index >= 15 is 0 Å². The Bertz CT molecular complexity index is 1320. The van der Waals surface area contributed by atoms with E-state index in [-0.39, 0.29) is 16.4 Å². The maximum absolute atomic E-state index is 13.1. The molecule has 1 fully saturated rings. The van der Waals surface area contributed by atoms with Crippen LogP contribution in [0.1, 0.15) is 24.3 Å². The molecule has 2 aromatic heterocycles. The lowest BCUT2D eigenvalue weighted by Crippen LogP contribution is -2.36. The van der Waals surface area contributed by atoms with E-state index in [1.165, 1.54) is 22.6 Å². The molecule has 3 N–H and O–H groups in total. The first-order chi connectivity index (χ1) is 17.3. The van der Waals surface area contributed by atoms with Gasteiger partial charge >= 0.3 is 0 Å². The molecular weight excluding hydrogens is 482 g/mol. The van der Waals surface area contributed by atoms with Crippen LogP contribution >= 0.6 is 0 Å². The fourth-order valence-corrected chi connectivity index (χ4v) is 5.42. The number of nitrogens with zero attached hydrogens (tertiary/aromatic N) is 5. The van der Waals surface area contributed by atoms with Gasteiger partial charge < -0.3 is 20.7 Å². The molecule has 0 unspecified atom stereocenters. The van der Waals surface area contributed by atoms with Gasteiger partial charge in [0.1, 0.15) is 0 Å². The van der Waals surface area contributed by atoms with Crippen molar-refractivity contribution >= 4 is 33.1 Å². The van der Waals surface area contributed by atoms with Gasteiger partial charge in [0, 0.05) is 37.9 Å².